The van der Waals surface area contributed by atoms with Gasteiger partial charge in [-0.2, -0.15) is 0 Å². The van der Waals surface area contributed by atoms with Crippen LogP contribution in [-0.4, -0.2) is 50.1 Å². The van der Waals surface area contributed by atoms with Crippen LogP contribution in [0.4, 0.5) is 5.69 Å². The van der Waals surface area contributed by atoms with Gasteiger partial charge in [0.2, 0.25) is 5.91 Å². The maximum atomic E-state index is 12.3. The lowest BCUT2D eigenvalue weighted by atomic mass is 9.85. The van der Waals surface area contributed by atoms with Crippen LogP contribution in [0, 0.1) is 11.8 Å². The minimum atomic E-state index is 0. The number of anilines is 1. The molecule has 0 radical (unpaired) electrons. The number of likely N-dealkylation sites (N-methyl/N-ethyl adjacent to an activating group) is 1. The molecule has 28 heavy (non-hydrogen) atoms. The normalized spacial score (nSPS) is 17.2. The lowest BCUT2D eigenvalue weighted by Gasteiger charge is -2.28. The van der Waals surface area contributed by atoms with E-state index >= 15 is 0 Å². The summed E-state index contributed by atoms with van der Waals surface area (Å²) in [6.45, 7) is 12.3. The molecule has 7 heteroatoms. The summed E-state index contributed by atoms with van der Waals surface area (Å²) in [5, 5.41) is 6.44. The summed E-state index contributed by atoms with van der Waals surface area (Å²) in [7, 11) is 0. The molecule has 0 aromatic heterocycles. The quantitative estimate of drug-likeness (QED) is 0.579. The molecule has 0 spiro atoms. The van der Waals surface area contributed by atoms with Crippen LogP contribution in [0.15, 0.2) is 24.3 Å². The van der Waals surface area contributed by atoms with E-state index in [1.165, 1.54) is 12.8 Å². The summed E-state index contributed by atoms with van der Waals surface area (Å²) >= 11 is 0. The van der Waals surface area contributed by atoms with E-state index in [2.05, 4.69) is 36.3 Å². The molecule has 1 aliphatic heterocycles. The average molecular weight is 434 g/mol. The molecule has 1 fully saturated rings. The fraction of sp³-hybridized carbons (Fsp3) is 0.667. The van der Waals surface area contributed by atoms with Crippen molar-refractivity contribution in [3.8, 4) is 5.75 Å². The number of ether oxygens (including phenoxy) is 1. The smallest absolute Gasteiger partial charge is 0.224 e. The first-order valence-electron chi connectivity index (χ1n) is 10.1. The molecular weight excluding hydrogens is 397 g/mol. The first-order valence-corrected chi connectivity index (χ1v) is 10.1. The van der Waals surface area contributed by atoms with Gasteiger partial charge in [0, 0.05) is 18.7 Å². The van der Waals surface area contributed by atoms with E-state index in [1.54, 1.807) is 0 Å². The van der Waals surface area contributed by atoms with E-state index in [1.807, 2.05) is 24.3 Å². The number of rotatable bonds is 10. The van der Waals surface area contributed by atoms with Gasteiger partial charge in [0.25, 0.3) is 0 Å². The van der Waals surface area contributed by atoms with Gasteiger partial charge in [0.05, 0.1) is 0 Å². The average Bonchev–Trinajstić information content (AvgIpc) is 2.67. The summed E-state index contributed by atoms with van der Waals surface area (Å²) < 4.78 is 5.78. The van der Waals surface area contributed by atoms with Crippen LogP contribution in [0.2, 0.25) is 0 Å². The second-order valence-electron chi connectivity index (χ2n) is 7.24. The number of amides is 1. The lowest BCUT2D eigenvalue weighted by Crippen LogP contribution is -2.34. The minimum absolute atomic E-state index is 0. The Hall–Kier alpha value is -1.01. The van der Waals surface area contributed by atoms with Gasteiger partial charge in [-0.05, 0) is 75.1 Å². The molecule has 1 aliphatic rings. The van der Waals surface area contributed by atoms with E-state index in [0.717, 1.165) is 44.2 Å². The van der Waals surface area contributed by atoms with Crippen molar-refractivity contribution in [3.05, 3.63) is 24.3 Å². The lowest BCUT2D eigenvalue weighted by molar-refractivity contribution is -0.117. The Bertz CT molecular complexity index is 533. The van der Waals surface area contributed by atoms with Crippen molar-refractivity contribution < 1.29 is 9.53 Å². The number of halogens is 2. The van der Waals surface area contributed by atoms with Crippen LogP contribution >= 0.6 is 24.8 Å². The van der Waals surface area contributed by atoms with Crippen molar-refractivity contribution >= 4 is 36.4 Å². The van der Waals surface area contributed by atoms with Crippen molar-refractivity contribution in [2.45, 2.75) is 40.0 Å². The molecule has 0 aliphatic carbocycles. The Balaban J connectivity index is 0.00000364. The van der Waals surface area contributed by atoms with Crippen molar-refractivity contribution in [1.29, 1.82) is 0 Å². The SMILES string of the molecule is CCN(CC)CCOc1ccc(NC(=O)CC(C)C2CCCNC2)cc1.Cl.Cl. The first-order chi connectivity index (χ1) is 12.6. The van der Waals surface area contributed by atoms with Crippen LogP contribution in [0.5, 0.6) is 5.75 Å². The molecule has 1 aromatic carbocycles. The Morgan fingerprint density at radius 1 is 1.25 bits per heavy atom. The Morgan fingerprint density at radius 3 is 2.50 bits per heavy atom. The first kappa shape index (κ1) is 27.0. The standard InChI is InChI=1S/C21H35N3O2.2ClH/c1-4-24(5-2)13-14-26-20-10-8-19(9-11-20)23-21(25)15-17(3)18-7-6-12-22-16-18;;/h8-11,17-18,22H,4-7,12-16H2,1-3H3,(H,23,25);2*1H. The highest BCUT2D eigenvalue weighted by atomic mass is 35.5. The van der Waals surface area contributed by atoms with Crippen molar-refractivity contribution in [2.75, 3.05) is 44.6 Å². The molecular formula is C21H37Cl2N3O2. The highest BCUT2D eigenvalue weighted by Gasteiger charge is 2.22. The maximum Gasteiger partial charge on any atom is 0.224 e. The summed E-state index contributed by atoms with van der Waals surface area (Å²) in [4.78, 5) is 14.6. The third-order valence-electron chi connectivity index (χ3n) is 5.36. The molecule has 162 valence electrons. The van der Waals surface area contributed by atoms with Gasteiger partial charge in [0.15, 0.2) is 0 Å². The molecule has 1 saturated heterocycles. The molecule has 2 rings (SSSR count). The molecule has 5 nitrogen and oxygen atoms in total. The molecule has 1 heterocycles. The number of nitrogens with zero attached hydrogens (tertiary/aromatic N) is 1. The number of piperidine rings is 1. The number of hydrogen-bond acceptors (Lipinski definition) is 4. The Kier molecular flexibility index (Phi) is 14.4. The molecule has 0 bridgehead atoms. The Labute approximate surface area is 182 Å². The molecule has 2 unspecified atom stereocenters. The van der Waals surface area contributed by atoms with Gasteiger partial charge < -0.3 is 20.3 Å². The molecule has 1 amide bonds. The van der Waals surface area contributed by atoms with Crippen LogP contribution in [0.1, 0.15) is 40.0 Å². The molecule has 1 aromatic rings. The highest BCUT2D eigenvalue weighted by molar-refractivity contribution is 5.90. The van der Waals surface area contributed by atoms with Gasteiger partial charge >= 0.3 is 0 Å². The van der Waals surface area contributed by atoms with Gasteiger partial charge in [0.1, 0.15) is 12.4 Å². The second kappa shape index (κ2) is 14.9. The van der Waals surface area contributed by atoms with Crippen molar-refractivity contribution in [1.82, 2.24) is 10.2 Å². The summed E-state index contributed by atoms with van der Waals surface area (Å²) in [6, 6.07) is 7.67. The van der Waals surface area contributed by atoms with Crippen LogP contribution in [-0.2, 0) is 4.79 Å². The predicted octanol–water partition coefficient (Wildman–Crippen LogP) is 4.22. The van der Waals surface area contributed by atoms with E-state index in [0.29, 0.717) is 24.9 Å². The van der Waals surface area contributed by atoms with Crippen LogP contribution < -0.4 is 15.4 Å². The zero-order valence-electron chi connectivity index (χ0n) is 17.4. The predicted molar refractivity (Wildman–Crippen MR) is 122 cm³/mol. The third kappa shape index (κ3) is 9.46. The van der Waals surface area contributed by atoms with E-state index in [-0.39, 0.29) is 30.7 Å². The summed E-state index contributed by atoms with van der Waals surface area (Å²) in [6.07, 6.45) is 3.02. The largest absolute Gasteiger partial charge is 0.492 e. The van der Waals surface area contributed by atoms with E-state index < -0.39 is 0 Å². The highest BCUT2D eigenvalue weighted by Crippen LogP contribution is 2.23. The van der Waals surface area contributed by atoms with Crippen molar-refractivity contribution in [2.24, 2.45) is 11.8 Å². The van der Waals surface area contributed by atoms with Gasteiger partial charge in [-0.15, -0.1) is 24.8 Å². The maximum absolute atomic E-state index is 12.3. The Morgan fingerprint density at radius 2 is 1.93 bits per heavy atom. The van der Waals surface area contributed by atoms with Gasteiger partial charge in [-0.3, -0.25) is 4.79 Å². The van der Waals surface area contributed by atoms with E-state index in [4.69, 9.17) is 4.74 Å². The monoisotopic (exact) mass is 433 g/mol. The zero-order valence-corrected chi connectivity index (χ0v) is 19.0. The molecule has 0 saturated carbocycles. The van der Waals surface area contributed by atoms with Crippen molar-refractivity contribution in [3.63, 3.8) is 0 Å². The topological polar surface area (TPSA) is 53.6 Å². The third-order valence-corrected chi connectivity index (χ3v) is 5.36. The number of benzene rings is 1. The fourth-order valence-corrected chi connectivity index (χ4v) is 3.50. The minimum Gasteiger partial charge on any atom is -0.492 e. The van der Waals surface area contributed by atoms with E-state index in [9.17, 15) is 4.79 Å². The van der Waals surface area contributed by atoms with Crippen LogP contribution in [0.25, 0.3) is 0 Å². The van der Waals surface area contributed by atoms with Crippen LogP contribution in [0.3, 0.4) is 0 Å². The summed E-state index contributed by atoms with van der Waals surface area (Å²) in [5.41, 5.74) is 0.833. The zero-order chi connectivity index (χ0) is 18.8. The number of carbonyl (C=O) groups is 1. The number of hydrogen-bond donors (Lipinski definition) is 2. The number of carbonyl (C=O) groups excluding carboxylic acids is 1. The molecule has 2 atom stereocenters. The van der Waals surface area contributed by atoms with Gasteiger partial charge in [-0.25, -0.2) is 0 Å². The molecule has 2 N–H and O–H groups in total. The van der Waals surface area contributed by atoms with Gasteiger partial charge in [-0.1, -0.05) is 20.8 Å². The number of nitrogens with one attached hydrogen (secondary N) is 2. The fourth-order valence-electron chi connectivity index (χ4n) is 3.50. The second-order valence-corrected chi connectivity index (χ2v) is 7.24. The summed E-state index contributed by atoms with van der Waals surface area (Å²) in [5.74, 6) is 1.96.